The Morgan fingerprint density at radius 2 is 1.77 bits per heavy atom. The van der Waals surface area contributed by atoms with Crippen molar-refractivity contribution in [3.05, 3.63) is 64.5 Å². The van der Waals surface area contributed by atoms with Crippen LogP contribution in [-0.2, 0) is 19.7 Å². The lowest BCUT2D eigenvalue weighted by Crippen LogP contribution is -2.49. The number of carbonyl (C=O) groups excluding carboxylic acids is 2. The Labute approximate surface area is 207 Å². The molecule has 1 amide bonds. The maximum absolute atomic E-state index is 15.8. The Kier molecular flexibility index (Phi) is 6.12. The highest BCUT2D eigenvalue weighted by atomic mass is 19.1. The summed E-state index contributed by atoms with van der Waals surface area (Å²) in [6.45, 7) is 15.4. The number of rotatable bonds is 3. The summed E-state index contributed by atoms with van der Waals surface area (Å²) in [5.41, 5.74) is 1.31. The summed E-state index contributed by atoms with van der Waals surface area (Å²) in [6, 6.07) is 9.76. The number of anilines is 1. The quantitative estimate of drug-likeness (QED) is 0.567. The highest BCUT2D eigenvalue weighted by molar-refractivity contribution is 6.09. The third kappa shape index (κ3) is 4.37. The molecule has 0 saturated carbocycles. The summed E-state index contributed by atoms with van der Waals surface area (Å²) in [7, 11) is 0. The predicted molar refractivity (Wildman–Crippen MR) is 136 cm³/mol. The fourth-order valence-corrected chi connectivity index (χ4v) is 5.79. The fraction of sp³-hybridized carbons (Fsp3) is 0.517. The minimum Gasteiger partial charge on any atom is -0.459 e. The molecule has 2 aliphatic rings. The summed E-state index contributed by atoms with van der Waals surface area (Å²) in [4.78, 5) is 27.7. The number of benzene rings is 2. The van der Waals surface area contributed by atoms with Gasteiger partial charge in [-0.2, -0.15) is 0 Å². The van der Waals surface area contributed by atoms with Gasteiger partial charge in [-0.1, -0.05) is 51.1 Å². The molecule has 2 N–H and O–H groups in total. The average molecular weight is 481 g/mol. The summed E-state index contributed by atoms with van der Waals surface area (Å²) in [6.07, 6.45) is 0.608. The molecule has 5 nitrogen and oxygen atoms in total. The molecule has 2 aromatic carbocycles. The van der Waals surface area contributed by atoms with Crippen LogP contribution in [0.2, 0.25) is 0 Å². The molecule has 0 aromatic heterocycles. The van der Waals surface area contributed by atoms with Crippen molar-refractivity contribution in [3.8, 4) is 0 Å². The van der Waals surface area contributed by atoms with E-state index in [1.807, 2.05) is 45.9 Å². The molecule has 1 unspecified atom stereocenters. The predicted octanol–water partition coefficient (Wildman–Crippen LogP) is 5.53. The first kappa shape index (κ1) is 25.4. The van der Waals surface area contributed by atoms with E-state index in [0.29, 0.717) is 17.5 Å². The van der Waals surface area contributed by atoms with Gasteiger partial charge in [-0.3, -0.25) is 14.9 Å². The van der Waals surface area contributed by atoms with Crippen LogP contribution in [0.15, 0.2) is 36.4 Å². The Morgan fingerprint density at radius 1 is 1.09 bits per heavy atom. The van der Waals surface area contributed by atoms with Crippen molar-refractivity contribution < 1.29 is 18.7 Å². The van der Waals surface area contributed by atoms with Crippen LogP contribution in [0.5, 0.6) is 0 Å². The SMILES string of the molecule is Cc1ccc2c(c1)NC(=O)[C@@]21C(c2cccc(C)c2F)[C@H](C(=O)OC(C)(C)C)N[C@@H]1CC(C)(C)C. The average Bonchev–Trinajstić information content (AvgIpc) is 3.17. The highest BCUT2D eigenvalue weighted by Gasteiger charge is 2.66. The molecule has 188 valence electrons. The van der Waals surface area contributed by atoms with Gasteiger partial charge in [-0.25, -0.2) is 4.39 Å². The maximum Gasteiger partial charge on any atom is 0.324 e. The number of esters is 1. The van der Waals surface area contributed by atoms with Crippen LogP contribution in [0.4, 0.5) is 10.1 Å². The number of fused-ring (bicyclic) bond motifs is 2. The van der Waals surface area contributed by atoms with E-state index >= 15 is 4.39 Å². The smallest absolute Gasteiger partial charge is 0.324 e. The van der Waals surface area contributed by atoms with Crippen molar-refractivity contribution in [1.29, 1.82) is 0 Å². The van der Waals surface area contributed by atoms with Crippen molar-refractivity contribution in [2.24, 2.45) is 5.41 Å². The molecule has 2 aliphatic heterocycles. The van der Waals surface area contributed by atoms with Crippen LogP contribution >= 0.6 is 0 Å². The molecule has 2 aromatic rings. The summed E-state index contributed by atoms with van der Waals surface area (Å²) in [5, 5.41) is 6.56. The van der Waals surface area contributed by atoms with Crippen molar-refractivity contribution in [2.75, 3.05) is 5.32 Å². The third-order valence-corrected chi connectivity index (χ3v) is 7.03. The molecular weight excluding hydrogens is 443 g/mol. The molecular formula is C29H37FN2O3. The van der Waals surface area contributed by atoms with E-state index in [2.05, 4.69) is 31.4 Å². The van der Waals surface area contributed by atoms with Gasteiger partial charge in [0, 0.05) is 17.6 Å². The van der Waals surface area contributed by atoms with Crippen LogP contribution < -0.4 is 10.6 Å². The monoisotopic (exact) mass is 480 g/mol. The lowest BCUT2D eigenvalue weighted by molar-refractivity contribution is -0.157. The van der Waals surface area contributed by atoms with Crippen LogP contribution in [0.1, 0.15) is 76.1 Å². The van der Waals surface area contributed by atoms with Gasteiger partial charge in [0.2, 0.25) is 5.91 Å². The van der Waals surface area contributed by atoms with Gasteiger partial charge in [0.15, 0.2) is 0 Å². The Hall–Kier alpha value is -2.73. The van der Waals surface area contributed by atoms with Crippen molar-refractivity contribution in [2.45, 2.75) is 90.8 Å². The minimum atomic E-state index is -1.17. The van der Waals surface area contributed by atoms with Gasteiger partial charge in [-0.15, -0.1) is 0 Å². The van der Waals surface area contributed by atoms with Gasteiger partial charge in [0.25, 0.3) is 0 Å². The molecule has 1 fully saturated rings. The standard InChI is InChI=1S/C29H37FN2O3/c1-16-12-13-19-20(14-16)31-26(34)29(19)21(15-27(3,4)5)32-24(25(33)35-28(6,7)8)22(29)18-11-9-10-17(2)23(18)30/h9-14,21-22,24,32H,15H2,1-8H3,(H,31,34)/t21-,22?,24-,29+/m1/s1. The lowest BCUT2D eigenvalue weighted by atomic mass is 9.62. The first-order valence-corrected chi connectivity index (χ1v) is 12.3. The number of carbonyl (C=O) groups is 2. The molecule has 0 aliphatic carbocycles. The first-order chi connectivity index (χ1) is 16.1. The second kappa shape index (κ2) is 8.44. The molecule has 35 heavy (non-hydrogen) atoms. The number of aryl methyl sites for hydroxylation is 2. The summed E-state index contributed by atoms with van der Waals surface area (Å²) >= 11 is 0. The summed E-state index contributed by atoms with van der Waals surface area (Å²) < 4.78 is 21.6. The normalized spacial score (nSPS) is 26.1. The molecule has 1 spiro atoms. The fourth-order valence-electron chi connectivity index (χ4n) is 5.79. The zero-order valence-corrected chi connectivity index (χ0v) is 22.0. The molecule has 4 atom stereocenters. The number of halogens is 1. The van der Waals surface area contributed by atoms with Gasteiger partial charge in [0.1, 0.15) is 22.9 Å². The third-order valence-electron chi connectivity index (χ3n) is 7.03. The van der Waals surface area contributed by atoms with E-state index in [-0.39, 0.29) is 11.3 Å². The zero-order chi connectivity index (χ0) is 25.9. The van der Waals surface area contributed by atoms with Crippen LogP contribution in [-0.4, -0.2) is 29.6 Å². The Morgan fingerprint density at radius 3 is 2.40 bits per heavy atom. The highest BCUT2D eigenvalue weighted by Crippen LogP contribution is 2.57. The second-order valence-electron chi connectivity index (χ2n) is 12.3. The van der Waals surface area contributed by atoms with Crippen LogP contribution in [0, 0.1) is 25.1 Å². The number of hydrogen-bond acceptors (Lipinski definition) is 4. The molecule has 4 rings (SSSR count). The second-order valence-corrected chi connectivity index (χ2v) is 12.3. The largest absolute Gasteiger partial charge is 0.459 e. The van der Waals surface area contributed by atoms with E-state index in [1.54, 1.807) is 25.1 Å². The van der Waals surface area contributed by atoms with Crippen molar-refractivity contribution in [3.63, 3.8) is 0 Å². The number of ether oxygens (including phenoxy) is 1. The van der Waals surface area contributed by atoms with Gasteiger partial charge < -0.3 is 10.1 Å². The number of nitrogens with one attached hydrogen (secondary N) is 2. The van der Waals surface area contributed by atoms with Crippen LogP contribution in [0.3, 0.4) is 0 Å². The van der Waals surface area contributed by atoms with Crippen molar-refractivity contribution in [1.82, 2.24) is 5.32 Å². The lowest BCUT2D eigenvalue weighted by Gasteiger charge is -2.38. The Bertz CT molecular complexity index is 1180. The Balaban J connectivity index is 2.01. The topological polar surface area (TPSA) is 67.4 Å². The van der Waals surface area contributed by atoms with Crippen LogP contribution in [0.25, 0.3) is 0 Å². The summed E-state index contributed by atoms with van der Waals surface area (Å²) in [5.74, 6) is -1.87. The molecule has 1 saturated heterocycles. The van der Waals surface area contributed by atoms with Crippen molar-refractivity contribution >= 4 is 17.6 Å². The molecule has 0 bridgehead atoms. The molecule has 2 heterocycles. The maximum atomic E-state index is 15.8. The number of amides is 1. The van der Waals surface area contributed by atoms with E-state index in [1.165, 1.54) is 0 Å². The first-order valence-electron chi connectivity index (χ1n) is 12.3. The number of hydrogen-bond donors (Lipinski definition) is 2. The van der Waals surface area contributed by atoms with E-state index in [9.17, 15) is 9.59 Å². The molecule has 0 radical (unpaired) electrons. The minimum absolute atomic E-state index is 0.156. The zero-order valence-electron chi connectivity index (χ0n) is 22.0. The van der Waals surface area contributed by atoms with Gasteiger partial charge in [0.05, 0.1) is 0 Å². The van der Waals surface area contributed by atoms with E-state index in [0.717, 1.165) is 16.8 Å². The van der Waals surface area contributed by atoms with E-state index in [4.69, 9.17) is 4.74 Å². The van der Waals surface area contributed by atoms with Gasteiger partial charge in [-0.05, 0) is 74.8 Å². The van der Waals surface area contributed by atoms with Gasteiger partial charge >= 0.3 is 5.97 Å². The van der Waals surface area contributed by atoms with E-state index < -0.39 is 40.8 Å². The molecule has 6 heteroatoms.